The van der Waals surface area contributed by atoms with E-state index in [9.17, 15) is 0 Å². The Balaban J connectivity index is 2.15. The topological polar surface area (TPSA) is 42.1 Å². The van der Waals surface area contributed by atoms with Crippen molar-refractivity contribution in [2.24, 2.45) is 5.73 Å². The molecule has 0 fully saturated rings. The highest BCUT2D eigenvalue weighted by Gasteiger charge is 2.10. The van der Waals surface area contributed by atoms with E-state index in [0.29, 0.717) is 0 Å². The molecule has 3 heteroatoms. The molecule has 0 unspecified atom stereocenters. The van der Waals surface area contributed by atoms with E-state index in [1.165, 1.54) is 5.56 Å². The zero-order valence-electron chi connectivity index (χ0n) is 11.3. The second-order valence-corrected chi connectivity index (χ2v) is 5.50. The standard InChI is InChI=1S/C14H25N3/c1-14(2,15)8-4-11-17(3)12-7-13-5-9-16-10-6-13/h5-6,9-10H,4,7-8,11-12,15H2,1-3H3. The van der Waals surface area contributed by atoms with Crippen LogP contribution in [0.3, 0.4) is 0 Å². The predicted octanol–water partition coefficient (Wildman–Crippen LogP) is 2.07. The predicted molar refractivity (Wildman–Crippen MR) is 72.9 cm³/mol. The molecule has 0 bridgehead atoms. The molecule has 1 heterocycles. The van der Waals surface area contributed by atoms with Gasteiger partial charge in [-0.2, -0.15) is 0 Å². The summed E-state index contributed by atoms with van der Waals surface area (Å²) in [4.78, 5) is 6.39. The molecule has 17 heavy (non-hydrogen) atoms. The molecule has 3 nitrogen and oxygen atoms in total. The second kappa shape index (κ2) is 6.72. The van der Waals surface area contributed by atoms with Gasteiger partial charge in [0.05, 0.1) is 0 Å². The van der Waals surface area contributed by atoms with Crippen molar-refractivity contribution in [2.45, 2.75) is 38.6 Å². The van der Waals surface area contributed by atoms with Gasteiger partial charge in [-0.15, -0.1) is 0 Å². The molecular weight excluding hydrogens is 210 g/mol. The van der Waals surface area contributed by atoms with Gasteiger partial charge in [-0.05, 0) is 64.4 Å². The zero-order valence-corrected chi connectivity index (χ0v) is 11.3. The largest absolute Gasteiger partial charge is 0.326 e. The molecule has 0 aliphatic rings. The van der Waals surface area contributed by atoms with E-state index in [-0.39, 0.29) is 5.54 Å². The Bertz CT molecular complexity index is 303. The summed E-state index contributed by atoms with van der Waals surface area (Å²) in [6.45, 7) is 6.38. The third kappa shape index (κ3) is 7.08. The third-order valence-electron chi connectivity index (χ3n) is 2.89. The van der Waals surface area contributed by atoms with E-state index < -0.39 is 0 Å². The summed E-state index contributed by atoms with van der Waals surface area (Å²) in [7, 11) is 2.17. The normalized spacial score (nSPS) is 12.1. The SMILES string of the molecule is CN(CCCC(C)(C)N)CCc1ccncc1. The lowest BCUT2D eigenvalue weighted by Crippen LogP contribution is -2.33. The first-order valence-corrected chi connectivity index (χ1v) is 6.34. The van der Waals surface area contributed by atoms with Crippen LogP contribution >= 0.6 is 0 Å². The monoisotopic (exact) mass is 235 g/mol. The molecule has 0 aliphatic heterocycles. The fourth-order valence-corrected chi connectivity index (χ4v) is 1.79. The van der Waals surface area contributed by atoms with Crippen LogP contribution in [0.5, 0.6) is 0 Å². The first kappa shape index (κ1) is 14.1. The Hall–Kier alpha value is -0.930. The number of pyridine rings is 1. The molecular formula is C14H25N3. The van der Waals surface area contributed by atoms with Gasteiger partial charge in [0.15, 0.2) is 0 Å². The van der Waals surface area contributed by atoms with Crippen LogP contribution in [-0.4, -0.2) is 35.6 Å². The van der Waals surface area contributed by atoms with Crippen LogP contribution in [0.2, 0.25) is 0 Å². The van der Waals surface area contributed by atoms with Crippen molar-refractivity contribution in [2.75, 3.05) is 20.1 Å². The van der Waals surface area contributed by atoms with Crippen LogP contribution in [-0.2, 0) is 6.42 Å². The van der Waals surface area contributed by atoms with Crippen molar-refractivity contribution < 1.29 is 0 Å². The van der Waals surface area contributed by atoms with Crippen molar-refractivity contribution in [3.63, 3.8) is 0 Å². The highest BCUT2D eigenvalue weighted by Crippen LogP contribution is 2.07. The number of likely N-dealkylation sites (N-methyl/N-ethyl adjacent to an activating group) is 1. The summed E-state index contributed by atoms with van der Waals surface area (Å²) in [6, 6.07) is 4.16. The van der Waals surface area contributed by atoms with E-state index in [1.807, 2.05) is 12.4 Å². The molecule has 1 aromatic heterocycles. The molecule has 0 aromatic carbocycles. The van der Waals surface area contributed by atoms with Crippen LogP contribution in [0.25, 0.3) is 0 Å². The molecule has 0 aliphatic carbocycles. The van der Waals surface area contributed by atoms with Gasteiger partial charge < -0.3 is 10.6 Å². The first-order valence-electron chi connectivity index (χ1n) is 6.34. The Kier molecular flexibility index (Phi) is 5.59. The molecule has 0 spiro atoms. The molecule has 0 atom stereocenters. The van der Waals surface area contributed by atoms with Gasteiger partial charge in [0.25, 0.3) is 0 Å². The molecule has 1 rings (SSSR count). The lowest BCUT2D eigenvalue weighted by atomic mass is 10.00. The molecule has 96 valence electrons. The van der Waals surface area contributed by atoms with Crippen molar-refractivity contribution in [3.8, 4) is 0 Å². The van der Waals surface area contributed by atoms with Crippen molar-refractivity contribution in [1.29, 1.82) is 0 Å². The summed E-state index contributed by atoms with van der Waals surface area (Å²) >= 11 is 0. The quantitative estimate of drug-likeness (QED) is 0.786. The minimum Gasteiger partial charge on any atom is -0.326 e. The number of nitrogens with two attached hydrogens (primary N) is 1. The van der Waals surface area contributed by atoms with Crippen LogP contribution in [0.4, 0.5) is 0 Å². The maximum Gasteiger partial charge on any atom is 0.0270 e. The highest BCUT2D eigenvalue weighted by molar-refractivity contribution is 5.09. The van der Waals surface area contributed by atoms with Crippen LogP contribution in [0, 0.1) is 0 Å². The smallest absolute Gasteiger partial charge is 0.0270 e. The molecule has 0 radical (unpaired) electrons. The van der Waals surface area contributed by atoms with Crippen molar-refractivity contribution >= 4 is 0 Å². The zero-order chi connectivity index (χ0) is 12.7. The third-order valence-corrected chi connectivity index (χ3v) is 2.89. The first-order chi connectivity index (χ1) is 7.97. The van der Waals surface area contributed by atoms with Crippen LogP contribution in [0.1, 0.15) is 32.3 Å². The molecule has 2 N–H and O–H groups in total. The summed E-state index contributed by atoms with van der Waals surface area (Å²) in [5.41, 5.74) is 7.28. The number of hydrogen-bond acceptors (Lipinski definition) is 3. The molecule has 0 amide bonds. The fraction of sp³-hybridized carbons (Fsp3) is 0.643. The number of aromatic nitrogens is 1. The summed E-state index contributed by atoms with van der Waals surface area (Å²) in [5, 5.41) is 0. The van der Waals surface area contributed by atoms with Gasteiger partial charge in [-0.25, -0.2) is 0 Å². The molecule has 0 saturated heterocycles. The minimum atomic E-state index is -0.0358. The Morgan fingerprint density at radius 1 is 1.24 bits per heavy atom. The number of nitrogens with zero attached hydrogens (tertiary/aromatic N) is 2. The van der Waals surface area contributed by atoms with Gasteiger partial charge in [0.1, 0.15) is 0 Å². The molecule has 1 aromatic rings. The van der Waals surface area contributed by atoms with E-state index >= 15 is 0 Å². The second-order valence-electron chi connectivity index (χ2n) is 5.50. The average molecular weight is 235 g/mol. The van der Waals surface area contributed by atoms with E-state index in [2.05, 4.69) is 42.9 Å². The average Bonchev–Trinajstić information content (AvgIpc) is 2.26. The Morgan fingerprint density at radius 3 is 2.47 bits per heavy atom. The van der Waals surface area contributed by atoms with Gasteiger partial charge in [0.2, 0.25) is 0 Å². The minimum absolute atomic E-state index is 0.0358. The lowest BCUT2D eigenvalue weighted by Gasteiger charge is -2.21. The maximum atomic E-state index is 5.96. The Morgan fingerprint density at radius 2 is 1.88 bits per heavy atom. The summed E-state index contributed by atoms with van der Waals surface area (Å²) in [5.74, 6) is 0. The highest BCUT2D eigenvalue weighted by atomic mass is 15.1. The Labute approximate surface area is 105 Å². The van der Waals surface area contributed by atoms with Gasteiger partial charge >= 0.3 is 0 Å². The van der Waals surface area contributed by atoms with Crippen LogP contribution in [0.15, 0.2) is 24.5 Å². The van der Waals surface area contributed by atoms with E-state index in [0.717, 1.165) is 32.4 Å². The molecule has 0 saturated carbocycles. The van der Waals surface area contributed by atoms with Crippen molar-refractivity contribution in [1.82, 2.24) is 9.88 Å². The lowest BCUT2D eigenvalue weighted by molar-refractivity contribution is 0.313. The van der Waals surface area contributed by atoms with Crippen LogP contribution < -0.4 is 5.73 Å². The summed E-state index contributed by atoms with van der Waals surface area (Å²) < 4.78 is 0. The summed E-state index contributed by atoms with van der Waals surface area (Å²) in [6.07, 6.45) is 7.03. The van der Waals surface area contributed by atoms with E-state index in [4.69, 9.17) is 5.73 Å². The number of rotatable bonds is 7. The van der Waals surface area contributed by atoms with Crippen molar-refractivity contribution in [3.05, 3.63) is 30.1 Å². The number of hydrogen-bond donors (Lipinski definition) is 1. The van der Waals surface area contributed by atoms with Gasteiger partial charge in [0, 0.05) is 24.5 Å². The van der Waals surface area contributed by atoms with Gasteiger partial charge in [-0.3, -0.25) is 4.98 Å². The fourth-order valence-electron chi connectivity index (χ4n) is 1.79. The maximum absolute atomic E-state index is 5.96. The van der Waals surface area contributed by atoms with Gasteiger partial charge in [-0.1, -0.05) is 0 Å². The van der Waals surface area contributed by atoms with E-state index in [1.54, 1.807) is 0 Å².